The summed E-state index contributed by atoms with van der Waals surface area (Å²) in [5, 5.41) is 4.64. The highest BCUT2D eigenvalue weighted by Crippen LogP contribution is 2.39. The van der Waals surface area contributed by atoms with Crippen molar-refractivity contribution < 1.29 is 4.42 Å². The van der Waals surface area contributed by atoms with Crippen LogP contribution < -0.4 is 0 Å². The summed E-state index contributed by atoms with van der Waals surface area (Å²) in [6.45, 7) is 0. The number of fused-ring (bicyclic) bond motifs is 6. The zero-order chi connectivity index (χ0) is 29.0. The Bertz CT molecular complexity index is 2490. The maximum atomic E-state index is 6.44. The van der Waals surface area contributed by atoms with Gasteiger partial charge in [-0.05, 0) is 65.7 Å². The third-order valence-electron chi connectivity index (χ3n) is 8.60. The molecule has 3 aromatic heterocycles. The minimum Gasteiger partial charge on any atom is -0.455 e. The SMILES string of the molecule is c1ccc(-c2cc(-c3ccc4c(c3)c3ccccc3n4-c3ccccc3)nc(-c3cccc4c3oc3ccccc34)c2)cc1. The van der Waals surface area contributed by atoms with Gasteiger partial charge in [0.25, 0.3) is 0 Å². The fourth-order valence-corrected chi connectivity index (χ4v) is 6.55. The molecular formula is C41H26N2O. The van der Waals surface area contributed by atoms with Gasteiger partial charge in [0.1, 0.15) is 11.2 Å². The number of hydrogen-bond donors (Lipinski definition) is 0. The van der Waals surface area contributed by atoms with Crippen molar-refractivity contribution in [3.63, 3.8) is 0 Å². The summed E-state index contributed by atoms with van der Waals surface area (Å²) in [4.78, 5) is 5.30. The normalized spacial score (nSPS) is 11.6. The third kappa shape index (κ3) is 3.87. The minimum atomic E-state index is 0.860. The molecule has 6 aromatic carbocycles. The lowest BCUT2D eigenvalue weighted by atomic mass is 9.98. The van der Waals surface area contributed by atoms with E-state index in [1.165, 1.54) is 21.8 Å². The molecule has 3 heteroatoms. The van der Waals surface area contributed by atoms with Gasteiger partial charge in [0, 0.05) is 38.4 Å². The Balaban J connectivity index is 1.29. The molecule has 0 radical (unpaired) electrons. The van der Waals surface area contributed by atoms with E-state index >= 15 is 0 Å². The van der Waals surface area contributed by atoms with Crippen molar-refractivity contribution in [3.05, 3.63) is 158 Å². The van der Waals surface area contributed by atoms with E-state index in [-0.39, 0.29) is 0 Å². The number of aromatic nitrogens is 2. The first kappa shape index (κ1) is 24.6. The smallest absolute Gasteiger partial charge is 0.144 e. The molecule has 0 aliphatic heterocycles. The molecule has 0 amide bonds. The molecule has 3 nitrogen and oxygen atoms in total. The van der Waals surface area contributed by atoms with Gasteiger partial charge in [-0.1, -0.05) is 103 Å². The predicted molar refractivity (Wildman–Crippen MR) is 182 cm³/mol. The van der Waals surface area contributed by atoms with Gasteiger partial charge in [-0.2, -0.15) is 0 Å². The maximum Gasteiger partial charge on any atom is 0.144 e. The molecule has 0 fully saturated rings. The van der Waals surface area contributed by atoms with Gasteiger partial charge >= 0.3 is 0 Å². The standard InChI is InChI=1S/C41H26N2O/c1-3-12-27(13-4-1)29-25-36(42-37(26-29)34-19-11-18-33-32-17-8-10-21-40(32)44-41(33)34)28-22-23-39-35(24-28)31-16-7-9-20-38(31)43(39)30-14-5-2-6-15-30/h1-26H. The van der Waals surface area contributed by atoms with Crippen LogP contribution in [-0.2, 0) is 0 Å². The molecular weight excluding hydrogens is 536 g/mol. The second-order valence-corrected chi connectivity index (χ2v) is 11.2. The van der Waals surface area contributed by atoms with E-state index in [9.17, 15) is 0 Å². The molecule has 0 spiro atoms. The monoisotopic (exact) mass is 562 g/mol. The summed E-state index contributed by atoms with van der Waals surface area (Å²) in [5.41, 5.74) is 11.4. The second-order valence-electron chi connectivity index (χ2n) is 11.2. The quantitative estimate of drug-likeness (QED) is 0.214. The van der Waals surface area contributed by atoms with E-state index < -0.39 is 0 Å². The highest BCUT2D eigenvalue weighted by atomic mass is 16.3. The van der Waals surface area contributed by atoms with Crippen LogP contribution >= 0.6 is 0 Å². The number of nitrogens with zero attached hydrogens (tertiary/aromatic N) is 2. The Labute approximate surface area is 254 Å². The topological polar surface area (TPSA) is 31.0 Å². The van der Waals surface area contributed by atoms with E-state index in [1.54, 1.807) is 0 Å². The molecule has 0 aliphatic rings. The van der Waals surface area contributed by atoms with Gasteiger partial charge < -0.3 is 8.98 Å². The summed E-state index contributed by atoms with van der Waals surface area (Å²) < 4.78 is 8.78. The highest BCUT2D eigenvalue weighted by Gasteiger charge is 2.17. The van der Waals surface area contributed by atoms with Gasteiger partial charge in [-0.15, -0.1) is 0 Å². The molecule has 0 unspecified atom stereocenters. The molecule has 0 N–H and O–H groups in total. The van der Waals surface area contributed by atoms with Gasteiger partial charge in [0.05, 0.1) is 22.4 Å². The van der Waals surface area contributed by atoms with Gasteiger partial charge in [0.2, 0.25) is 0 Å². The Morgan fingerprint density at radius 2 is 1.11 bits per heavy atom. The summed E-state index contributed by atoms with van der Waals surface area (Å²) in [6.07, 6.45) is 0. The van der Waals surface area contributed by atoms with Crippen molar-refractivity contribution in [2.45, 2.75) is 0 Å². The first-order valence-corrected chi connectivity index (χ1v) is 14.9. The summed E-state index contributed by atoms with van der Waals surface area (Å²) in [5.74, 6) is 0. The van der Waals surface area contributed by atoms with Crippen LogP contribution in [0.15, 0.2) is 162 Å². The lowest BCUT2D eigenvalue weighted by Gasteiger charge is -2.11. The van der Waals surface area contributed by atoms with Crippen LogP contribution in [-0.4, -0.2) is 9.55 Å². The van der Waals surface area contributed by atoms with Crippen LogP contribution in [0.3, 0.4) is 0 Å². The summed E-state index contributed by atoms with van der Waals surface area (Å²) in [6, 6.07) is 55.4. The Hall–Kier alpha value is -5.93. The summed E-state index contributed by atoms with van der Waals surface area (Å²) >= 11 is 0. The lowest BCUT2D eigenvalue weighted by Crippen LogP contribution is -1.94. The molecule has 3 heterocycles. The van der Waals surface area contributed by atoms with E-state index in [2.05, 4.69) is 150 Å². The largest absolute Gasteiger partial charge is 0.455 e. The number of benzene rings is 6. The number of pyridine rings is 1. The van der Waals surface area contributed by atoms with Gasteiger partial charge in [-0.25, -0.2) is 4.98 Å². The first-order valence-electron chi connectivity index (χ1n) is 14.9. The van der Waals surface area contributed by atoms with Crippen molar-refractivity contribution in [1.82, 2.24) is 9.55 Å². The Morgan fingerprint density at radius 3 is 1.98 bits per heavy atom. The zero-order valence-electron chi connectivity index (χ0n) is 23.8. The number of rotatable bonds is 4. The van der Waals surface area contributed by atoms with Crippen molar-refractivity contribution in [3.8, 4) is 39.3 Å². The maximum absolute atomic E-state index is 6.44. The molecule has 0 saturated heterocycles. The van der Waals surface area contributed by atoms with Crippen LogP contribution in [0, 0.1) is 0 Å². The molecule has 0 saturated carbocycles. The van der Waals surface area contributed by atoms with Crippen molar-refractivity contribution in [2.24, 2.45) is 0 Å². The summed E-state index contributed by atoms with van der Waals surface area (Å²) in [7, 11) is 0. The highest BCUT2D eigenvalue weighted by molar-refractivity contribution is 6.11. The second kappa shape index (κ2) is 9.82. The molecule has 9 rings (SSSR count). The zero-order valence-corrected chi connectivity index (χ0v) is 23.8. The molecule has 44 heavy (non-hydrogen) atoms. The van der Waals surface area contributed by atoms with Crippen molar-refractivity contribution >= 4 is 43.7 Å². The van der Waals surface area contributed by atoms with Crippen LogP contribution in [0.4, 0.5) is 0 Å². The number of para-hydroxylation sites is 4. The Kier molecular flexibility index (Phi) is 5.50. The predicted octanol–water partition coefficient (Wildman–Crippen LogP) is 11.1. The van der Waals surface area contributed by atoms with Crippen molar-refractivity contribution in [2.75, 3.05) is 0 Å². The van der Waals surface area contributed by atoms with Gasteiger partial charge in [0.15, 0.2) is 0 Å². The molecule has 0 aliphatic carbocycles. The molecule has 9 aromatic rings. The van der Waals surface area contributed by atoms with E-state index in [0.717, 1.165) is 61.3 Å². The van der Waals surface area contributed by atoms with Crippen LogP contribution in [0.25, 0.3) is 83.1 Å². The van der Waals surface area contributed by atoms with Gasteiger partial charge in [-0.3, -0.25) is 0 Å². The van der Waals surface area contributed by atoms with Crippen molar-refractivity contribution in [1.29, 1.82) is 0 Å². The minimum absolute atomic E-state index is 0.860. The van der Waals surface area contributed by atoms with Crippen LogP contribution in [0.1, 0.15) is 0 Å². The third-order valence-corrected chi connectivity index (χ3v) is 8.60. The molecule has 0 bridgehead atoms. The van der Waals surface area contributed by atoms with Crippen LogP contribution in [0.2, 0.25) is 0 Å². The van der Waals surface area contributed by atoms with E-state index in [0.29, 0.717) is 0 Å². The molecule has 0 atom stereocenters. The number of hydrogen-bond acceptors (Lipinski definition) is 2. The lowest BCUT2D eigenvalue weighted by molar-refractivity contribution is 0.670. The fraction of sp³-hybridized carbons (Fsp3) is 0. The van der Waals surface area contributed by atoms with Crippen LogP contribution in [0.5, 0.6) is 0 Å². The number of furan rings is 1. The Morgan fingerprint density at radius 1 is 0.432 bits per heavy atom. The molecule has 206 valence electrons. The average molecular weight is 563 g/mol. The first-order chi connectivity index (χ1) is 21.8. The fourth-order valence-electron chi connectivity index (χ4n) is 6.55. The van der Waals surface area contributed by atoms with E-state index in [4.69, 9.17) is 9.40 Å². The average Bonchev–Trinajstić information content (AvgIpc) is 3.64. The van der Waals surface area contributed by atoms with E-state index in [1.807, 2.05) is 12.1 Å².